The lowest BCUT2D eigenvalue weighted by Gasteiger charge is -2.15. The van der Waals surface area contributed by atoms with Gasteiger partial charge in [-0.1, -0.05) is 18.7 Å². The van der Waals surface area contributed by atoms with E-state index in [0.717, 1.165) is 23.9 Å². The van der Waals surface area contributed by atoms with Crippen LogP contribution in [-0.2, 0) is 27.6 Å². The molecule has 1 unspecified atom stereocenters. The number of aryl methyl sites for hydroxylation is 1. The van der Waals surface area contributed by atoms with E-state index in [-0.39, 0.29) is 16.8 Å². The molecule has 1 aliphatic rings. The van der Waals surface area contributed by atoms with E-state index in [0.29, 0.717) is 24.5 Å². The first-order valence-corrected chi connectivity index (χ1v) is 9.24. The average Bonchev–Trinajstić information content (AvgIpc) is 2.91. The molecule has 1 saturated heterocycles. The number of aliphatic carboxylic acids is 1. The first kappa shape index (κ1) is 15.4. The molecule has 8 heteroatoms. The van der Waals surface area contributed by atoms with Gasteiger partial charge in [-0.15, -0.1) is 0 Å². The van der Waals surface area contributed by atoms with E-state index < -0.39 is 15.8 Å². The minimum atomic E-state index is -3.01. The molecule has 0 bridgehead atoms. The maximum absolute atomic E-state index is 11.9. The molecule has 1 aromatic heterocycles. The molecule has 1 atom stereocenters. The maximum Gasteiger partial charge on any atom is 0.313 e. The van der Waals surface area contributed by atoms with Crippen LogP contribution in [0.1, 0.15) is 25.5 Å². The Hall–Kier alpha value is -1.02. The smallest absolute Gasteiger partial charge is 0.313 e. The Bertz CT molecular complexity index is 595. The van der Waals surface area contributed by atoms with Gasteiger partial charge in [0.2, 0.25) is 0 Å². The van der Waals surface area contributed by atoms with Crippen molar-refractivity contribution in [2.45, 2.75) is 43.1 Å². The van der Waals surface area contributed by atoms with Gasteiger partial charge in [-0.25, -0.2) is 13.4 Å². The highest BCUT2D eigenvalue weighted by Crippen LogP contribution is 2.26. The molecule has 2 heterocycles. The van der Waals surface area contributed by atoms with Gasteiger partial charge in [0.05, 0.1) is 16.8 Å². The number of hydrogen-bond donors (Lipinski definition) is 1. The summed E-state index contributed by atoms with van der Waals surface area (Å²) in [6.45, 7) is 2.36. The van der Waals surface area contributed by atoms with Crippen LogP contribution in [0.25, 0.3) is 0 Å². The van der Waals surface area contributed by atoms with Crippen molar-refractivity contribution >= 4 is 27.6 Å². The van der Waals surface area contributed by atoms with Crippen LogP contribution in [-0.4, -0.2) is 45.8 Å². The van der Waals surface area contributed by atoms with Gasteiger partial charge in [-0.2, -0.15) is 0 Å². The average molecular weight is 318 g/mol. The highest BCUT2D eigenvalue weighted by atomic mass is 32.2. The van der Waals surface area contributed by atoms with Crippen LogP contribution in [0.15, 0.2) is 11.4 Å². The number of thioether (sulfide) groups is 1. The highest BCUT2D eigenvalue weighted by Gasteiger charge is 2.32. The third kappa shape index (κ3) is 3.35. The Morgan fingerprint density at radius 3 is 2.90 bits per heavy atom. The van der Waals surface area contributed by atoms with Gasteiger partial charge in [0.15, 0.2) is 15.0 Å². The van der Waals surface area contributed by atoms with Gasteiger partial charge in [0, 0.05) is 18.4 Å². The van der Waals surface area contributed by atoms with Crippen LogP contribution in [0.4, 0.5) is 0 Å². The normalized spacial score (nSPS) is 21.1. The van der Waals surface area contributed by atoms with Gasteiger partial charge in [0.1, 0.15) is 0 Å². The lowest BCUT2D eigenvalue weighted by atomic mass is 10.2. The molecule has 112 valence electrons. The highest BCUT2D eigenvalue weighted by molar-refractivity contribution is 7.99. The van der Waals surface area contributed by atoms with Crippen LogP contribution in [0, 0.1) is 0 Å². The van der Waals surface area contributed by atoms with E-state index in [1.54, 1.807) is 6.20 Å². The first-order valence-electron chi connectivity index (χ1n) is 6.54. The van der Waals surface area contributed by atoms with Crippen LogP contribution < -0.4 is 0 Å². The minimum Gasteiger partial charge on any atom is -0.481 e. The number of sulfone groups is 1. The van der Waals surface area contributed by atoms with Crippen LogP contribution in [0.2, 0.25) is 0 Å². The number of carboxylic acid groups (broad SMARTS) is 1. The second kappa shape index (κ2) is 6.17. The number of rotatable bonds is 6. The van der Waals surface area contributed by atoms with Crippen LogP contribution in [0.3, 0.4) is 0 Å². The van der Waals surface area contributed by atoms with E-state index in [1.807, 2.05) is 11.5 Å². The summed E-state index contributed by atoms with van der Waals surface area (Å²) in [5.74, 6) is -0.723. The fourth-order valence-corrected chi connectivity index (χ4v) is 4.91. The Morgan fingerprint density at radius 2 is 2.35 bits per heavy atom. The zero-order valence-electron chi connectivity index (χ0n) is 11.3. The molecule has 0 radical (unpaired) electrons. The molecule has 0 spiro atoms. The summed E-state index contributed by atoms with van der Waals surface area (Å²) in [7, 11) is -3.01. The van der Waals surface area contributed by atoms with Crippen molar-refractivity contribution in [2.24, 2.45) is 0 Å². The van der Waals surface area contributed by atoms with E-state index in [2.05, 4.69) is 4.98 Å². The number of nitrogens with zero attached hydrogens (tertiary/aromatic N) is 2. The van der Waals surface area contributed by atoms with Crippen molar-refractivity contribution in [2.75, 3.05) is 11.5 Å². The van der Waals surface area contributed by atoms with E-state index in [1.165, 1.54) is 0 Å². The van der Waals surface area contributed by atoms with Crippen molar-refractivity contribution in [3.63, 3.8) is 0 Å². The molecule has 1 N–H and O–H groups in total. The first-order chi connectivity index (χ1) is 9.44. The number of carboxylic acids is 1. The Balaban J connectivity index is 2.20. The van der Waals surface area contributed by atoms with E-state index >= 15 is 0 Å². The SMILES string of the molecule is CCc1cnc(SCC(=O)O)n1CC1CCCS1(=O)=O. The standard InChI is InChI=1S/C12H18N2O4S2/c1-2-9-6-13-12(19-8-11(15)16)14(9)7-10-4-3-5-20(10,17)18/h6,10H,2-5,7-8H2,1H3,(H,15,16). The molecule has 0 aliphatic carbocycles. The van der Waals surface area contributed by atoms with Gasteiger partial charge >= 0.3 is 5.97 Å². The quantitative estimate of drug-likeness (QED) is 0.793. The Kier molecular flexibility index (Phi) is 4.74. The summed E-state index contributed by atoms with van der Waals surface area (Å²) in [5.41, 5.74) is 0.944. The van der Waals surface area contributed by atoms with Crippen LogP contribution >= 0.6 is 11.8 Å². The second-order valence-corrected chi connectivity index (χ2v) is 8.15. The van der Waals surface area contributed by atoms with Crippen molar-refractivity contribution < 1.29 is 18.3 Å². The summed E-state index contributed by atoms with van der Waals surface area (Å²) in [6, 6.07) is 0. The predicted molar refractivity (Wildman–Crippen MR) is 76.8 cm³/mol. The summed E-state index contributed by atoms with van der Waals surface area (Å²) < 4.78 is 25.7. The molecule has 20 heavy (non-hydrogen) atoms. The monoisotopic (exact) mass is 318 g/mol. The number of hydrogen-bond acceptors (Lipinski definition) is 5. The summed E-state index contributed by atoms with van der Waals surface area (Å²) in [5, 5.41) is 8.96. The minimum absolute atomic E-state index is 0.0718. The third-order valence-corrected chi connectivity index (χ3v) is 6.67. The largest absolute Gasteiger partial charge is 0.481 e. The molecule has 1 aliphatic heterocycles. The molecule has 0 saturated carbocycles. The van der Waals surface area contributed by atoms with Gasteiger partial charge in [0.25, 0.3) is 0 Å². The van der Waals surface area contributed by atoms with Gasteiger partial charge in [-0.05, 0) is 19.3 Å². The number of aromatic nitrogens is 2. The fraction of sp³-hybridized carbons (Fsp3) is 0.667. The molecular weight excluding hydrogens is 300 g/mol. The molecule has 0 amide bonds. The van der Waals surface area contributed by atoms with E-state index in [4.69, 9.17) is 5.11 Å². The van der Waals surface area contributed by atoms with Crippen molar-refractivity contribution in [3.05, 3.63) is 11.9 Å². The fourth-order valence-electron chi connectivity index (χ4n) is 2.38. The van der Waals surface area contributed by atoms with E-state index in [9.17, 15) is 13.2 Å². The van der Waals surface area contributed by atoms with Gasteiger partial charge in [-0.3, -0.25) is 4.79 Å². The third-order valence-electron chi connectivity index (χ3n) is 3.44. The maximum atomic E-state index is 11.9. The molecule has 2 rings (SSSR count). The number of imidazole rings is 1. The molecular formula is C12H18N2O4S2. The molecule has 1 fully saturated rings. The lowest BCUT2D eigenvalue weighted by Crippen LogP contribution is -2.23. The lowest BCUT2D eigenvalue weighted by molar-refractivity contribution is -0.133. The molecule has 0 aromatic carbocycles. The predicted octanol–water partition coefficient (Wildman–Crippen LogP) is 1.20. The topological polar surface area (TPSA) is 89.3 Å². The Labute approximate surface area is 122 Å². The molecule has 1 aromatic rings. The molecule has 6 nitrogen and oxygen atoms in total. The summed E-state index contributed by atoms with van der Waals surface area (Å²) in [6.07, 6.45) is 3.83. The number of carbonyl (C=O) groups is 1. The zero-order chi connectivity index (χ0) is 14.8. The summed E-state index contributed by atoms with van der Waals surface area (Å²) >= 11 is 1.13. The van der Waals surface area contributed by atoms with Crippen molar-refractivity contribution in [1.82, 2.24) is 9.55 Å². The second-order valence-electron chi connectivity index (χ2n) is 4.81. The van der Waals surface area contributed by atoms with Crippen molar-refractivity contribution in [1.29, 1.82) is 0 Å². The Morgan fingerprint density at radius 1 is 1.60 bits per heavy atom. The van der Waals surface area contributed by atoms with Crippen LogP contribution in [0.5, 0.6) is 0 Å². The van der Waals surface area contributed by atoms with Crippen molar-refractivity contribution in [3.8, 4) is 0 Å². The summed E-state index contributed by atoms with van der Waals surface area (Å²) in [4.78, 5) is 14.9. The van der Waals surface area contributed by atoms with Gasteiger partial charge < -0.3 is 9.67 Å². The zero-order valence-corrected chi connectivity index (χ0v) is 12.9.